The molecule has 1 saturated heterocycles. The van der Waals surface area contributed by atoms with Gasteiger partial charge in [-0.3, -0.25) is 4.99 Å². The number of furan rings is 1. The molecular formula is C18H25N5O. The zero-order valence-electron chi connectivity index (χ0n) is 14.2. The van der Waals surface area contributed by atoms with Gasteiger partial charge in [-0.2, -0.15) is 0 Å². The molecule has 3 heterocycles. The first-order valence-corrected chi connectivity index (χ1v) is 8.58. The van der Waals surface area contributed by atoms with E-state index in [1.54, 1.807) is 6.26 Å². The second kappa shape index (κ2) is 8.38. The quantitative estimate of drug-likeness (QED) is 0.672. The van der Waals surface area contributed by atoms with Crippen LogP contribution in [-0.2, 0) is 6.42 Å². The molecule has 0 aromatic carbocycles. The molecule has 0 spiro atoms. The van der Waals surface area contributed by atoms with Crippen molar-refractivity contribution in [1.82, 2.24) is 15.2 Å². The molecule has 6 nitrogen and oxygen atoms in total. The average Bonchev–Trinajstić information content (AvgIpc) is 3.15. The van der Waals surface area contributed by atoms with Gasteiger partial charge in [-0.15, -0.1) is 0 Å². The predicted octanol–water partition coefficient (Wildman–Crippen LogP) is 2.00. The van der Waals surface area contributed by atoms with Crippen molar-refractivity contribution in [3.8, 4) is 0 Å². The van der Waals surface area contributed by atoms with E-state index in [1.165, 1.54) is 0 Å². The molecule has 1 aliphatic rings. The van der Waals surface area contributed by atoms with Crippen LogP contribution < -0.4 is 10.2 Å². The highest BCUT2D eigenvalue weighted by atomic mass is 16.3. The second-order valence-corrected chi connectivity index (χ2v) is 5.73. The Morgan fingerprint density at radius 2 is 2.08 bits per heavy atom. The first kappa shape index (κ1) is 16.4. The molecule has 0 atom stereocenters. The molecule has 6 heteroatoms. The zero-order chi connectivity index (χ0) is 16.6. The Morgan fingerprint density at radius 3 is 2.75 bits per heavy atom. The van der Waals surface area contributed by atoms with E-state index in [0.29, 0.717) is 0 Å². The summed E-state index contributed by atoms with van der Waals surface area (Å²) < 4.78 is 5.37. The normalized spacial score (nSPS) is 15.6. The standard InChI is InChI=1S/C18H25N5O/c1-2-19-18(21-10-8-16-6-5-15-24-16)23-13-11-22(12-14-23)17-7-3-4-9-20-17/h3-7,9,15H,2,8,10-14H2,1H3,(H,19,21). The summed E-state index contributed by atoms with van der Waals surface area (Å²) in [6, 6.07) is 9.97. The van der Waals surface area contributed by atoms with Crippen LogP contribution >= 0.6 is 0 Å². The van der Waals surface area contributed by atoms with Crippen LogP contribution in [0.5, 0.6) is 0 Å². The Balaban J connectivity index is 1.55. The van der Waals surface area contributed by atoms with Crippen molar-refractivity contribution in [3.05, 3.63) is 48.6 Å². The summed E-state index contributed by atoms with van der Waals surface area (Å²) in [5.74, 6) is 3.02. The van der Waals surface area contributed by atoms with E-state index in [1.807, 2.05) is 30.5 Å². The molecule has 3 rings (SSSR count). The van der Waals surface area contributed by atoms with Crippen LogP contribution in [-0.4, -0.2) is 55.1 Å². The highest BCUT2D eigenvalue weighted by Crippen LogP contribution is 2.12. The number of guanidine groups is 1. The highest BCUT2D eigenvalue weighted by molar-refractivity contribution is 5.80. The lowest BCUT2D eigenvalue weighted by molar-refractivity contribution is 0.371. The molecule has 24 heavy (non-hydrogen) atoms. The number of rotatable bonds is 5. The van der Waals surface area contributed by atoms with E-state index in [4.69, 9.17) is 9.41 Å². The third-order valence-electron chi connectivity index (χ3n) is 4.09. The number of nitrogens with zero attached hydrogens (tertiary/aromatic N) is 4. The average molecular weight is 327 g/mol. The summed E-state index contributed by atoms with van der Waals surface area (Å²) in [4.78, 5) is 13.8. The van der Waals surface area contributed by atoms with Crippen molar-refractivity contribution in [2.45, 2.75) is 13.3 Å². The van der Waals surface area contributed by atoms with Crippen molar-refractivity contribution in [2.75, 3.05) is 44.2 Å². The van der Waals surface area contributed by atoms with Gasteiger partial charge in [0.1, 0.15) is 11.6 Å². The topological polar surface area (TPSA) is 56.9 Å². The second-order valence-electron chi connectivity index (χ2n) is 5.73. The lowest BCUT2D eigenvalue weighted by Crippen LogP contribution is -2.52. The number of hydrogen-bond acceptors (Lipinski definition) is 4. The van der Waals surface area contributed by atoms with Gasteiger partial charge in [-0.05, 0) is 31.2 Å². The Kier molecular flexibility index (Phi) is 5.71. The Morgan fingerprint density at radius 1 is 1.21 bits per heavy atom. The molecule has 0 unspecified atom stereocenters. The number of nitrogens with one attached hydrogen (secondary N) is 1. The van der Waals surface area contributed by atoms with Gasteiger partial charge in [0.25, 0.3) is 0 Å². The van der Waals surface area contributed by atoms with Crippen LogP contribution in [0.25, 0.3) is 0 Å². The van der Waals surface area contributed by atoms with E-state index in [9.17, 15) is 0 Å². The van der Waals surface area contributed by atoms with Gasteiger partial charge in [0.2, 0.25) is 0 Å². The largest absolute Gasteiger partial charge is 0.469 e. The maximum Gasteiger partial charge on any atom is 0.194 e. The number of piperazine rings is 1. The molecule has 0 aliphatic carbocycles. The Bertz CT molecular complexity index is 618. The van der Waals surface area contributed by atoms with Gasteiger partial charge in [0, 0.05) is 51.9 Å². The van der Waals surface area contributed by atoms with Crippen LogP contribution in [0.3, 0.4) is 0 Å². The van der Waals surface area contributed by atoms with Crippen molar-refractivity contribution in [1.29, 1.82) is 0 Å². The smallest absolute Gasteiger partial charge is 0.194 e. The Hall–Kier alpha value is -2.50. The molecule has 0 saturated carbocycles. The molecular weight excluding hydrogens is 302 g/mol. The van der Waals surface area contributed by atoms with Crippen LogP contribution in [0.1, 0.15) is 12.7 Å². The summed E-state index contributed by atoms with van der Waals surface area (Å²) in [5, 5.41) is 3.40. The maximum atomic E-state index is 5.37. The fraction of sp³-hybridized carbons (Fsp3) is 0.444. The van der Waals surface area contributed by atoms with Gasteiger partial charge in [0.15, 0.2) is 5.96 Å². The third-order valence-corrected chi connectivity index (χ3v) is 4.09. The number of aliphatic imine (C=N–C) groups is 1. The highest BCUT2D eigenvalue weighted by Gasteiger charge is 2.20. The van der Waals surface area contributed by atoms with E-state index >= 15 is 0 Å². The Labute approximate surface area is 143 Å². The van der Waals surface area contributed by atoms with Crippen molar-refractivity contribution < 1.29 is 4.42 Å². The van der Waals surface area contributed by atoms with Crippen molar-refractivity contribution >= 4 is 11.8 Å². The van der Waals surface area contributed by atoms with Crippen molar-refractivity contribution in [2.24, 2.45) is 4.99 Å². The first-order valence-electron chi connectivity index (χ1n) is 8.58. The minimum absolute atomic E-state index is 0.732. The molecule has 0 amide bonds. The van der Waals surface area contributed by atoms with E-state index in [0.717, 1.165) is 63.2 Å². The molecule has 1 N–H and O–H groups in total. The summed E-state index contributed by atoms with van der Waals surface area (Å²) in [6.45, 7) is 7.52. The number of hydrogen-bond donors (Lipinski definition) is 1. The van der Waals surface area contributed by atoms with Gasteiger partial charge in [0.05, 0.1) is 6.26 Å². The van der Waals surface area contributed by atoms with E-state index in [-0.39, 0.29) is 0 Å². The number of anilines is 1. The summed E-state index contributed by atoms with van der Waals surface area (Å²) >= 11 is 0. The van der Waals surface area contributed by atoms with Crippen molar-refractivity contribution in [3.63, 3.8) is 0 Å². The molecule has 2 aromatic heterocycles. The molecule has 2 aromatic rings. The van der Waals surface area contributed by atoms with Gasteiger partial charge < -0.3 is 19.5 Å². The van der Waals surface area contributed by atoms with Crippen LogP contribution in [0.4, 0.5) is 5.82 Å². The lowest BCUT2D eigenvalue weighted by atomic mass is 10.3. The lowest BCUT2D eigenvalue weighted by Gasteiger charge is -2.37. The van der Waals surface area contributed by atoms with Crippen LogP contribution in [0, 0.1) is 0 Å². The first-order chi connectivity index (χ1) is 11.9. The molecule has 1 fully saturated rings. The molecule has 1 aliphatic heterocycles. The summed E-state index contributed by atoms with van der Waals surface area (Å²) in [6.07, 6.45) is 4.39. The maximum absolute atomic E-state index is 5.37. The molecule has 128 valence electrons. The minimum atomic E-state index is 0.732. The van der Waals surface area contributed by atoms with Crippen LogP contribution in [0.15, 0.2) is 52.2 Å². The third kappa shape index (κ3) is 4.28. The molecule has 0 radical (unpaired) electrons. The number of aromatic nitrogens is 1. The van der Waals surface area contributed by atoms with E-state index < -0.39 is 0 Å². The fourth-order valence-corrected chi connectivity index (χ4v) is 2.84. The zero-order valence-corrected chi connectivity index (χ0v) is 14.2. The predicted molar refractivity (Wildman–Crippen MR) is 96.4 cm³/mol. The summed E-state index contributed by atoms with van der Waals surface area (Å²) in [7, 11) is 0. The SMILES string of the molecule is CCNC(=NCCc1ccco1)N1CCN(c2ccccn2)CC1. The number of pyridine rings is 1. The van der Waals surface area contributed by atoms with Gasteiger partial charge in [-0.25, -0.2) is 4.98 Å². The van der Waals surface area contributed by atoms with Gasteiger partial charge >= 0.3 is 0 Å². The van der Waals surface area contributed by atoms with Gasteiger partial charge in [-0.1, -0.05) is 6.07 Å². The minimum Gasteiger partial charge on any atom is -0.469 e. The summed E-state index contributed by atoms with van der Waals surface area (Å²) in [5.41, 5.74) is 0. The monoisotopic (exact) mass is 327 g/mol. The van der Waals surface area contributed by atoms with E-state index in [2.05, 4.69) is 33.1 Å². The molecule has 0 bridgehead atoms. The van der Waals surface area contributed by atoms with Crippen LogP contribution in [0.2, 0.25) is 0 Å². The fourth-order valence-electron chi connectivity index (χ4n) is 2.84.